The third-order valence-electron chi connectivity index (χ3n) is 5.06. The van der Waals surface area contributed by atoms with Gasteiger partial charge in [-0.1, -0.05) is 12.1 Å². The molecule has 0 aliphatic carbocycles. The molecule has 1 amide bonds. The highest BCUT2D eigenvalue weighted by Crippen LogP contribution is 2.33. The smallest absolute Gasteiger partial charge is 0.255 e. The first-order chi connectivity index (χ1) is 15.1. The van der Waals surface area contributed by atoms with Crippen molar-refractivity contribution in [1.82, 2.24) is 9.78 Å². The molecule has 0 unspecified atom stereocenters. The summed E-state index contributed by atoms with van der Waals surface area (Å²) < 4.78 is 12.6. The number of carbonyl (C=O) groups is 1. The van der Waals surface area contributed by atoms with E-state index >= 15 is 0 Å². The van der Waals surface area contributed by atoms with Crippen LogP contribution in [-0.4, -0.2) is 29.9 Å². The Bertz CT molecular complexity index is 1200. The van der Waals surface area contributed by atoms with E-state index in [1.165, 1.54) is 0 Å². The van der Waals surface area contributed by atoms with Crippen LogP contribution in [0.4, 0.5) is 5.69 Å². The number of amides is 1. The summed E-state index contributed by atoms with van der Waals surface area (Å²) in [6.07, 6.45) is 1.75. The Kier molecular flexibility index (Phi) is 5.71. The molecule has 0 aliphatic rings. The fraction of sp³-hybridized carbons (Fsp3) is 0.120. The Morgan fingerprint density at radius 3 is 2.26 bits per heavy atom. The van der Waals surface area contributed by atoms with Crippen LogP contribution in [0.1, 0.15) is 16.1 Å². The van der Waals surface area contributed by atoms with Gasteiger partial charge in [-0.15, -0.1) is 0 Å². The largest absolute Gasteiger partial charge is 0.497 e. The summed E-state index contributed by atoms with van der Waals surface area (Å²) in [4.78, 5) is 12.8. The van der Waals surface area contributed by atoms with Gasteiger partial charge in [-0.3, -0.25) is 4.79 Å². The molecule has 0 fully saturated rings. The number of methoxy groups -OCH3 is 2. The van der Waals surface area contributed by atoms with Crippen LogP contribution in [0.2, 0.25) is 0 Å². The van der Waals surface area contributed by atoms with Gasteiger partial charge in [0.1, 0.15) is 11.5 Å². The zero-order chi connectivity index (χ0) is 21.8. The summed E-state index contributed by atoms with van der Waals surface area (Å²) in [5, 5.41) is 7.26. The van der Waals surface area contributed by atoms with Crippen molar-refractivity contribution in [1.29, 1.82) is 0 Å². The minimum atomic E-state index is -0.186. The van der Waals surface area contributed by atoms with Crippen molar-refractivity contribution in [3.8, 4) is 28.3 Å². The Hall–Kier alpha value is -4.06. The van der Waals surface area contributed by atoms with Crippen molar-refractivity contribution >= 4 is 11.6 Å². The Morgan fingerprint density at radius 1 is 0.903 bits per heavy atom. The van der Waals surface area contributed by atoms with Gasteiger partial charge in [0.15, 0.2) is 0 Å². The second-order valence-electron chi connectivity index (χ2n) is 7.03. The van der Waals surface area contributed by atoms with Gasteiger partial charge in [-0.2, -0.15) is 5.10 Å². The first-order valence-corrected chi connectivity index (χ1v) is 9.84. The number of anilines is 1. The molecular formula is C25H23N3O3. The van der Waals surface area contributed by atoms with Crippen molar-refractivity contribution in [3.05, 3.63) is 90.3 Å². The van der Waals surface area contributed by atoms with Crippen molar-refractivity contribution < 1.29 is 14.3 Å². The van der Waals surface area contributed by atoms with Gasteiger partial charge in [0.05, 0.1) is 19.9 Å². The number of rotatable bonds is 6. The lowest BCUT2D eigenvalue weighted by Crippen LogP contribution is -2.12. The fourth-order valence-corrected chi connectivity index (χ4v) is 3.38. The van der Waals surface area contributed by atoms with Gasteiger partial charge in [0.25, 0.3) is 5.91 Å². The van der Waals surface area contributed by atoms with Crippen LogP contribution in [0.15, 0.2) is 79.0 Å². The van der Waals surface area contributed by atoms with Crippen LogP contribution in [0.3, 0.4) is 0 Å². The predicted molar refractivity (Wildman–Crippen MR) is 121 cm³/mol. The molecule has 6 nitrogen and oxygen atoms in total. The summed E-state index contributed by atoms with van der Waals surface area (Å²) >= 11 is 0. The van der Waals surface area contributed by atoms with Crippen LogP contribution in [0.25, 0.3) is 16.8 Å². The molecule has 0 saturated heterocycles. The number of carbonyl (C=O) groups excluding carboxylic acids is 1. The Labute approximate surface area is 181 Å². The molecule has 0 atom stereocenters. The molecule has 4 rings (SSSR count). The lowest BCUT2D eigenvalue weighted by Gasteiger charge is -2.13. The lowest BCUT2D eigenvalue weighted by molar-refractivity contribution is 0.102. The van der Waals surface area contributed by atoms with Gasteiger partial charge >= 0.3 is 0 Å². The average Bonchev–Trinajstić information content (AvgIpc) is 3.25. The van der Waals surface area contributed by atoms with Crippen molar-refractivity contribution in [2.45, 2.75) is 6.92 Å². The van der Waals surface area contributed by atoms with Crippen molar-refractivity contribution in [2.24, 2.45) is 0 Å². The minimum absolute atomic E-state index is 0.186. The predicted octanol–water partition coefficient (Wildman–Crippen LogP) is 5.12. The molecule has 1 N–H and O–H groups in total. The zero-order valence-electron chi connectivity index (χ0n) is 17.6. The Morgan fingerprint density at radius 2 is 1.65 bits per heavy atom. The maximum atomic E-state index is 12.8. The number of nitrogens with zero attached hydrogens (tertiary/aromatic N) is 2. The van der Waals surface area contributed by atoms with E-state index in [1.54, 1.807) is 32.5 Å². The highest BCUT2D eigenvalue weighted by atomic mass is 16.5. The summed E-state index contributed by atoms with van der Waals surface area (Å²) in [6.45, 7) is 1.98. The van der Waals surface area contributed by atoms with Crippen LogP contribution in [-0.2, 0) is 0 Å². The first kappa shape index (κ1) is 20.2. The molecule has 1 aromatic heterocycles. The standard InChI is InChI=1S/C25H23N3O3/c1-17-14-15-26-28(17)21-9-4-19(5-10-21)25(29)27-20-8-13-24(31-3)23(16-20)18-6-11-22(30-2)12-7-18/h4-16H,1-3H3,(H,27,29). The minimum Gasteiger partial charge on any atom is -0.497 e. The SMILES string of the molecule is COc1ccc(-c2cc(NC(=O)c3ccc(-n4nccc4C)cc3)ccc2OC)cc1. The second kappa shape index (κ2) is 8.75. The fourth-order valence-electron chi connectivity index (χ4n) is 3.38. The monoisotopic (exact) mass is 413 g/mol. The molecule has 31 heavy (non-hydrogen) atoms. The molecule has 0 aliphatic heterocycles. The van der Waals surface area contributed by atoms with Crippen LogP contribution < -0.4 is 14.8 Å². The van der Waals surface area contributed by atoms with E-state index in [-0.39, 0.29) is 5.91 Å². The Balaban J connectivity index is 1.56. The molecule has 156 valence electrons. The number of hydrogen-bond acceptors (Lipinski definition) is 4. The summed E-state index contributed by atoms with van der Waals surface area (Å²) in [5.74, 6) is 1.32. The molecule has 0 radical (unpaired) electrons. The van der Waals surface area contributed by atoms with Gasteiger partial charge in [0, 0.05) is 28.7 Å². The lowest BCUT2D eigenvalue weighted by atomic mass is 10.0. The van der Waals surface area contributed by atoms with E-state index in [0.717, 1.165) is 34.0 Å². The van der Waals surface area contributed by atoms with Crippen LogP contribution in [0, 0.1) is 6.92 Å². The second-order valence-corrected chi connectivity index (χ2v) is 7.03. The number of aromatic nitrogens is 2. The summed E-state index contributed by atoms with van der Waals surface area (Å²) in [5.41, 5.74) is 5.03. The molecule has 6 heteroatoms. The molecular weight excluding hydrogens is 390 g/mol. The van der Waals surface area contributed by atoms with E-state index in [1.807, 2.05) is 72.3 Å². The van der Waals surface area contributed by atoms with Crippen molar-refractivity contribution in [3.63, 3.8) is 0 Å². The topological polar surface area (TPSA) is 65.4 Å². The molecule has 4 aromatic rings. The maximum Gasteiger partial charge on any atom is 0.255 e. The number of nitrogens with one attached hydrogen (secondary N) is 1. The van der Waals surface area contributed by atoms with Gasteiger partial charge in [-0.25, -0.2) is 4.68 Å². The molecule has 0 spiro atoms. The van der Waals surface area contributed by atoms with E-state index in [4.69, 9.17) is 9.47 Å². The van der Waals surface area contributed by atoms with E-state index in [2.05, 4.69) is 10.4 Å². The van der Waals surface area contributed by atoms with Crippen LogP contribution >= 0.6 is 0 Å². The van der Waals surface area contributed by atoms with Gasteiger partial charge in [-0.05, 0) is 73.2 Å². The van der Waals surface area contributed by atoms with Crippen molar-refractivity contribution in [2.75, 3.05) is 19.5 Å². The summed E-state index contributed by atoms with van der Waals surface area (Å²) in [6, 6.07) is 22.5. The highest BCUT2D eigenvalue weighted by molar-refractivity contribution is 6.04. The van der Waals surface area contributed by atoms with Gasteiger partial charge < -0.3 is 14.8 Å². The number of benzene rings is 3. The number of hydrogen-bond donors (Lipinski definition) is 1. The molecule has 1 heterocycles. The normalized spacial score (nSPS) is 10.5. The quantitative estimate of drug-likeness (QED) is 0.477. The first-order valence-electron chi connectivity index (χ1n) is 9.84. The maximum absolute atomic E-state index is 12.8. The van der Waals surface area contributed by atoms with Gasteiger partial charge in [0.2, 0.25) is 0 Å². The third kappa shape index (κ3) is 4.28. The average molecular weight is 413 g/mol. The number of aryl methyl sites for hydroxylation is 1. The van der Waals surface area contributed by atoms with E-state index in [9.17, 15) is 4.79 Å². The molecule has 3 aromatic carbocycles. The van der Waals surface area contributed by atoms with E-state index < -0.39 is 0 Å². The van der Waals surface area contributed by atoms with E-state index in [0.29, 0.717) is 11.3 Å². The number of ether oxygens (including phenoxy) is 2. The zero-order valence-corrected chi connectivity index (χ0v) is 17.6. The summed E-state index contributed by atoms with van der Waals surface area (Å²) in [7, 11) is 3.26. The highest BCUT2D eigenvalue weighted by Gasteiger charge is 2.11. The molecule has 0 saturated carbocycles. The molecule has 0 bridgehead atoms. The third-order valence-corrected chi connectivity index (χ3v) is 5.06. The van der Waals surface area contributed by atoms with Crippen LogP contribution in [0.5, 0.6) is 11.5 Å².